The second kappa shape index (κ2) is 2.75. The third-order valence-electron chi connectivity index (χ3n) is 1.46. The quantitative estimate of drug-likeness (QED) is 0.688. The summed E-state index contributed by atoms with van der Waals surface area (Å²) in [7, 11) is -3.17. The van der Waals surface area contributed by atoms with Gasteiger partial charge in [0.05, 0.1) is 10.6 Å². The van der Waals surface area contributed by atoms with Crippen LogP contribution in [0.5, 0.6) is 0 Å². The first-order valence-corrected chi connectivity index (χ1v) is 5.23. The fraction of sp³-hybridized carbons (Fsp3) is 0.286. The monoisotopic (exact) mass is 186 g/mol. The van der Waals surface area contributed by atoms with Gasteiger partial charge < -0.3 is 5.73 Å². The van der Waals surface area contributed by atoms with Crippen LogP contribution in [0.15, 0.2) is 17.0 Å². The Balaban J connectivity index is 3.39. The standard InChI is InChI=1S/C7H10N2O2S/c1-5-6(12(2,10)11)3-4-7(8)9-5/h3-4H,1-2H3,(H2,8,9). The number of hydrogen-bond donors (Lipinski definition) is 1. The Morgan fingerprint density at radius 2 is 2.00 bits per heavy atom. The van der Waals surface area contributed by atoms with Crippen LogP contribution in [0.4, 0.5) is 5.82 Å². The molecule has 2 N–H and O–H groups in total. The second-order valence-corrected chi connectivity index (χ2v) is 4.58. The second-order valence-electron chi connectivity index (χ2n) is 2.59. The SMILES string of the molecule is Cc1nc(N)ccc1S(C)(=O)=O. The first-order valence-electron chi connectivity index (χ1n) is 3.34. The van der Waals surface area contributed by atoms with Gasteiger partial charge in [0.15, 0.2) is 9.84 Å². The molecule has 0 aliphatic rings. The van der Waals surface area contributed by atoms with Crippen molar-refractivity contribution in [1.82, 2.24) is 4.98 Å². The number of anilines is 1. The molecule has 0 aromatic carbocycles. The molecule has 66 valence electrons. The number of hydrogen-bond acceptors (Lipinski definition) is 4. The fourth-order valence-electron chi connectivity index (χ4n) is 0.960. The van der Waals surface area contributed by atoms with Crippen molar-refractivity contribution < 1.29 is 8.42 Å². The molecule has 0 spiro atoms. The molecule has 0 unspecified atom stereocenters. The van der Waals surface area contributed by atoms with E-state index >= 15 is 0 Å². The Hall–Kier alpha value is -1.10. The number of aromatic nitrogens is 1. The van der Waals surface area contributed by atoms with Crippen LogP contribution in [0.3, 0.4) is 0 Å². The third-order valence-corrected chi connectivity index (χ3v) is 2.69. The van der Waals surface area contributed by atoms with E-state index in [1.807, 2.05) is 0 Å². The summed E-state index contributed by atoms with van der Waals surface area (Å²) >= 11 is 0. The van der Waals surface area contributed by atoms with Gasteiger partial charge in [-0.05, 0) is 19.1 Å². The van der Waals surface area contributed by atoms with Crippen LogP contribution in [-0.2, 0) is 9.84 Å². The van der Waals surface area contributed by atoms with Gasteiger partial charge >= 0.3 is 0 Å². The molecule has 1 heterocycles. The van der Waals surface area contributed by atoms with Gasteiger partial charge in [-0.1, -0.05) is 0 Å². The number of nitrogens with zero attached hydrogens (tertiary/aromatic N) is 1. The molecule has 0 amide bonds. The van der Waals surface area contributed by atoms with E-state index in [4.69, 9.17) is 5.73 Å². The molecule has 1 rings (SSSR count). The lowest BCUT2D eigenvalue weighted by molar-refractivity contribution is 0.601. The van der Waals surface area contributed by atoms with Gasteiger partial charge in [-0.2, -0.15) is 0 Å². The van der Waals surface area contributed by atoms with Crippen molar-refractivity contribution in [2.75, 3.05) is 12.0 Å². The largest absolute Gasteiger partial charge is 0.384 e. The van der Waals surface area contributed by atoms with Crippen molar-refractivity contribution in [2.45, 2.75) is 11.8 Å². The van der Waals surface area contributed by atoms with Gasteiger partial charge in [-0.15, -0.1) is 0 Å². The van der Waals surface area contributed by atoms with Crippen molar-refractivity contribution in [3.05, 3.63) is 17.8 Å². The minimum atomic E-state index is -3.17. The molecule has 0 aliphatic heterocycles. The van der Waals surface area contributed by atoms with E-state index in [1.165, 1.54) is 12.1 Å². The van der Waals surface area contributed by atoms with Gasteiger partial charge in [0.1, 0.15) is 5.82 Å². The van der Waals surface area contributed by atoms with Crippen molar-refractivity contribution in [3.8, 4) is 0 Å². The Bertz CT molecular complexity index is 398. The summed E-state index contributed by atoms with van der Waals surface area (Å²) in [4.78, 5) is 4.07. The molecule has 0 saturated heterocycles. The molecule has 0 aliphatic carbocycles. The Morgan fingerprint density at radius 3 is 2.42 bits per heavy atom. The van der Waals surface area contributed by atoms with E-state index < -0.39 is 9.84 Å². The highest BCUT2D eigenvalue weighted by atomic mass is 32.2. The van der Waals surface area contributed by atoms with Gasteiger partial charge in [-0.3, -0.25) is 0 Å². The minimum absolute atomic E-state index is 0.233. The zero-order valence-electron chi connectivity index (χ0n) is 6.90. The van der Waals surface area contributed by atoms with Gasteiger partial charge in [0.2, 0.25) is 0 Å². The summed E-state index contributed by atoms with van der Waals surface area (Å²) in [5, 5.41) is 0. The lowest BCUT2D eigenvalue weighted by Gasteiger charge is -2.02. The molecular formula is C7H10N2O2S. The lowest BCUT2D eigenvalue weighted by atomic mass is 10.4. The van der Waals surface area contributed by atoms with E-state index in [2.05, 4.69) is 4.98 Å². The Morgan fingerprint density at radius 1 is 1.42 bits per heavy atom. The molecule has 5 heteroatoms. The van der Waals surface area contributed by atoms with Crippen LogP contribution in [-0.4, -0.2) is 19.7 Å². The van der Waals surface area contributed by atoms with Crippen LogP contribution in [0.25, 0.3) is 0 Å². The summed E-state index contributed by atoms with van der Waals surface area (Å²) in [5.41, 5.74) is 5.81. The first kappa shape index (κ1) is 8.99. The summed E-state index contributed by atoms with van der Waals surface area (Å²) in [6.45, 7) is 1.62. The molecule has 1 aromatic rings. The lowest BCUT2D eigenvalue weighted by Crippen LogP contribution is -2.03. The highest BCUT2D eigenvalue weighted by Gasteiger charge is 2.10. The Labute approximate surface area is 71.3 Å². The van der Waals surface area contributed by atoms with Gasteiger partial charge in [0.25, 0.3) is 0 Å². The molecule has 0 atom stereocenters. The summed E-state index contributed by atoms with van der Waals surface area (Å²) in [5.74, 6) is 0.333. The minimum Gasteiger partial charge on any atom is -0.384 e. The Kier molecular flexibility index (Phi) is 2.06. The van der Waals surface area contributed by atoms with E-state index in [1.54, 1.807) is 6.92 Å². The topological polar surface area (TPSA) is 73.0 Å². The summed E-state index contributed by atoms with van der Waals surface area (Å²) < 4.78 is 22.2. The average molecular weight is 186 g/mol. The first-order chi connectivity index (χ1) is 5.41. The van der Waals surface area contributed by atoms with Crippen LogP contribution in [0, 0.1) is 6.92 Å². The smallest absolute Gasteiger partial charge is 0.177 e. The molecule has 4 nitrogen and oxygen atoms in total. The van der Waals surface area contributed by atoms with Crippen molar-refractivity contribution in [2.24, 2.45) is 0 Å². The number of aryl methyl sites for hydroxylation is 1. The van der Waals surface area contributed by atoms with E-state index in [0.29, 0.717) is 11.5 Å². The van der Waals surface area contributed by atoms with E-state index in [9.17, 15) is 8.42 Å². The zero-order chi connectivity index (χ0) is 9.35. The normalized spacial score (nSPS) is 11.5. The van der Waals surface area contributed by atoms with Crippen molar-refractivity contribution in [3.63, 3.8) is 0 Å². The molecule has 0 saturated carbocycles. The molecule has 12 heavy (non-hydrogen) atoms. The predicted octanol–water partition coefficient (Wildman–Crippen LogP) is 0.376. The highest BCUT2D eigenvalue weighted by molar-refractivity contribution is 7.90. The van der Waals surface area contributed by atoms with Gasteiger partial charge in [0, 0.05) is 6.26 Å². The van der Waals surface area contributed by atoms with Crippen molar-refractivity contribution in [1.29, 1.82) is 0 Å². The highest BCUT2D eigenvalue weighted by Crippen LogP contribution is 2.13. The third kappa shape index (κ3) is 1.73. The number of pyridine rings is 1. The predicted molar refractivity (Wildman–Crippen MR) is 46.5 cm³/mol. The van der Waals surface area contributed by atoms with Gasteiger partial charge in [-0.25, -0.2) is 13.4 Å². The average Bonchev–Trinajstić information content (AvgIpc) is 1.83. The van der Waals surface area contributed by atoms with Crippen LogP contribution in [0.1, 0.15) is 5.69 Å². The van der Waals surface area contributed by atoms with Crippen LogP contribution >= 0.6 is 0 Å². The summed E-state index contributed by atoms with van der Waals surface area (Å²) in [6.07, 6.45) is 1.15. The maximum Gasteiger partial charge on any atom is 0.177 e. The molecule has 0 fully saturated rings. The van der Waals surface area contributed by atoms with Crippen LogP contribution < -0.4 is 5.73 Å². The summed E-state index contributed by atoms with van der Waals surface area (Å²) in [6, 6.07) is 2.94. The zero-order valence-corrected chi connectivity index (χ0v) is 7.72. The number of rotatable bonds is 1. The maximum absolute atomic E-state index is 11.1. The van der Waals surface area contributed by atoms with E-state index in [-0.39, 0.29) is 4.90 Å². The number of nitrogen functional groups attached to an aromatic ring is 1. The maximum atomic E-state index is 11.1. The molecule has 1 aromatic heterocycles. The molecule has 0 bridgehead atoms. The van der Waals surface area contributed by atoms with Crippen molar-refractivity contribution >= 4 is 15.7 Å². The molecule has 0 radical (unpaired) electrons. The van der Waals surface area contributed by atoms with E-state index in [0.717, 1.165) is 6.26 Å². The van der Waals surface area contributed by atoms with Crippen LogP contribution in [0.2, 0.25) is 0 Å². The fourth-order valence-corrected chi connectivity index (χ4v) is 1.86. The number of sulfone groups is 1. The molecular weight excluding hydrogens is 176 g/mol. The number of nitrogens with two attached hydrogens (primary N) is 1.